The highest BCUT2D eigenvalue weighted by Gasteiger charge is 2.15. The fraction of sp³-hybridized carbons (Fsp3) is 1.00. The van der Waals surface area contributed by atoms with Crippen molar-refractivity contribution in [1.29, 1.82) is 0 Å². The van der Waals surface area contributed by atoms with Crippen molar-refractivity contribution in [3.8, 4) is 0 Å². The van der Waals surface area contributed by atoms with Crippen LogP contribution in [0.1, 0.15) is 52.4 Å². The van der Waals surface area contributed by atoms with Crippen LogP contribution < -0.4 is 0 Å². The molecule has 0 atom stereocenters. The van der Waals surface area contributed by atoms with Gasteiger partial charge >= 0.3 is 0 Å². The van der Waals surface area contributed by atoms with E-state index >= 15 is 0 Å². The lowest BCUT2D eigenvalue weighted by atomic mass is 10.1. The molecule has 74 valence electrons. The van der Waals surface area contributed by atoms with Crippen molar-refractivity contribution in [3.63, 3.8) is 0 Å². The summed E-state index contributed by atoms with van der Waals surface area (Å²) >= 11 is 0. The molecule has 0 aliphatic carbocycles. The third kappa shape index (κ3) is 5.93. The van der Waals surface area contributed by atoms with Gasteiger partial charge in [-0.25, -0.2) is 0 Å². The van der Waals surface area contributed by atoms with E-state index in [2.05, 4.69) is 13.8 Å². The van der Waals surface area contributed by atoms with Gasteiger partial charge < -0.3 is 9.79 Å². The molecule has 0 radical (unpaired) electrons. The lowest BCUT2D eigenvalue weighted by Crippen LogP contribution is -2.04. The minimum absolute atomic E-state index is 0.167. The maximum Gasteiger partial charge on any atom is 0.168 e. The summed E-state index contributed by atoms with van der Waals surface area (Å²) in [5.74, 6) is 0. The second-order valence-corrected chi connectivity index (χ2v) is 4.63. The summed E-state index contributed by atoms with van der Waals surface area (Å²) in [6.45, 7) is 4.27. The SMILES string of the molecule is CCCCC(CCCC)P(O)O. The third-order valence-electron chi connectivity index (χ3n) is 2.11. The summed E-state index contributed by atoms with van der Waals surface area (Å²) in [6, 6.07) is 0. The van der Waals surface area contributed by atoms with E-state index < -0.39 is 8.38 Å². The van der Waals surface area contributed by atoms with E-state index in [0.29, 0.717) is 0 Å². The molecule has 0 unspecified atom stereocenters. The van der Waals surface area contributed by atoms with Gasteiger partial charge in [-0.3, -0.25) is 0 Å². The minimum atomic E-state index is -1.69. The molecule has 3 heteroatoms. The molecule has 2 N–H and O–H groups in total. The van der Waals surface area contributed by atoms with Crippen molar-refractivity contribution in [2.45, 2.75) is 58.0 Å². The molecule has 0 aromatic heterocycles. The molecule has 0 saturated heterocycles. The normalized spacial score (nSPS) is 11.5. The van der Waals surface area contributed by atoms with E-state index in [-0.39, 0.29) is 5.66 Å². The Kier molecular flexibility index (Phi) is 8.20. The first-order chi connectivity index (χ1) is 5.72. The number of hydrogen-bond donors (Lipinski definition) is 2. The number of hydrogen-bond acceptors (Lipinski definition) is 2. The topological polar surface area (TPSA) is 40.5 Å². The Morgan fingerprint density at radius 2 is 1.42 bits per heavy atom. The molecule has 0 heterocycles. The second kappa shape index (κ2) is 7.97. The predicted octanol–water partition coefficient (Wildman–Crippen LogP) is 3.03. The minimum Gasteiger partial charge on any atom is -0.350 e. The molecular formula is C9H21O2P. The zero-order valence-electron chi connectivity index (χ0n) is 8.16. The van der Waals surface area contributed by atoms with Crippen LogP contribution in [0.2, 0.25) is 0 Å². The first-order valence-corrected chi connectivity index (χ1v) is 6.21. The molecule has 0 aliphatic rings. The van der Waals surface area contributed by atoms with E-state index in [1.54, 1.807) is 0 Å². The molecule has 0 rings (SSSR count). The Morgan fingerprint density at radius 3 is 1.67 bits per heavy atom. The summed E-state index contributed by atoms with van der Waals surface area (Å²) in [7, 11) is -1.69. The lowest BCUT2D eigenvalue weighted by Gasteiger charge is -2.16. The largest absolute Gasteiger partial charge is 0.350 e. The van der Waals surface area contributed by atoms with Crippen molar-refractivity contribution < 1.29 is 9.79 Å². The molecule has 12 heavy (non-hydrogen) atoms. The van der Waals surface area contributed by atoms with Crippen LogP contribution in [0.4, 0.5) is 0 Å². The Morgan fingerprint density at radius 1 is 1.00 bits per heavy atom. The second-order valence-electron chi connectivity index (χ2n) is 3.26. The van der Waals surface area contributed by atoms with Gasteiger partial charge in [0, 0.05) is 5.66 Å². The Bertz CT molecular complexity index is 88.5. The van der Waals surface area contributed by atoms with Crippen LogP contribution in [0.25, 0.3) is 0 Å². The zero-order valence-corrected chi connectivity index (χ0v) is 9.06. The molecule has 0 spiro atoms. The standard InChI is InChI=1S/C9H21O2P/c1-3-5-7-9(12(10)11)8-6-4-2/h9-11H,3-8H2,1-2H3. The molecular weight excluding hydrogens is 171 g/mol. The van der Waals surface area contributed by atoms with Crippen LogP contribution in [0.3, 0.4) is 0 Å². The first kappa shape index (κ1) is 12.3. The summed E-state index contributed by atoms with van der Waals surface area (Å²) in [5, 5.41) is 0. The van der Waals surface area contributed by atoms with Crippen LogP contribution in [0, 0.1) is 0 Å². The summed E-state index contributed by atoms with van der Waals surface area (Å²) in [6.07, 6.45) is 6.49. The van der Waals surface area contributed by atoms with Gasteiger partial charge in [0.25, 0.3) is 0 Å². The Labute approximate surface area is 76.9 Å². The fourth-order valence-electron chi connectivity index (χ4n) is 1.25. The van der Waals surface area contributed by atoms with Gasteiger partial charge in [0.15, 0.2) is 8.38 Å². The Hall–Kier alpha value is 0.350. The quantitative estimate of drug-likeness (QED) is 0.609. The first-order valence-electron chi connectivity index (χ1n) is 4.89. The average molecular weight is 192 g/mol. The smallest absolute Gasteiger partial charge is 0.168 e. The van der Waals surface area contributed by atoms with Crippen LogP contribution in [-0.2, 0) is 0 Å². The predicted molar refractivity (Wildman–Crippen MR) is 54.2 cm³/mol. The lowest BCUT2D eigenvalue weighted by molar-refractivity contribution is 0.444. The highest BCUT2D eigenvalue weighted by Crippen LogP contribution is 2.37. The maximum absolute atomic E-state index is 9.09. The van der Waals surface area contributed by atoms with E-state index in [1.165, 1.54) is 0 Å². The number of unbranched alkanes of at least 4 members (excludes halogenated alkanes) is 2. The maximum atomic E-state index is 9.09. The van der Waals surface area contributed by atoms with Gasteiger partial charge in [-0.15, -0.1) is 0 Å². The van der Waals surface area contributed by atoms with Gasteiger partial charge in [-0.2, -0.15) is 0 Å². The third-order valence-corrected chi connectivity index (χ3v) is 3.28. The van der Waals surface area contributed by atoms with Crippen LogP contribution in [0.5, 0.6) is 0 Å². The molecule has 0 aromatic carbocycles. The molecule has 0 bridgehead atoms. The van der Waals surface area contributed by atoms with Crippen molar-refractivity contribution in [3.05, 3.63) is 0 Å². The van der Waals surface area contributed by atoms with Crippen LogP contribution >= 0.6 is 8.38 Å². The van der Waals surface area contributed by atoms with Gasteiger partial charge in [0.2, 0.25) is 0 Å². The van der Waals surface area contributed by atoms with Crippen LogP contribution in [0.15, 0.2) is 0 Å². The molecule has 2 nitrogen and oxygen atoms in total. The molecule has 0 saturated carbocycles. The van der Waals surface area contributed by atoms with Gasteiger partial charge in [0.05, 0.1) is 0 Å². The van der Waals surface area contributed by atoms with Crippen molar-refractivity contribution in [2.75, 3.05) is 0 Å². The molecule has 0 fully saturated rings. The van der Waals surface area contributed by atoms with Crippen LogP contribution in [-0.4, -0.2) is 15.4 Å². The summed E-state index contributed by atoms with van der Waals surface area (Å²) < 4.78 is 0. The van der Waals surface area contributed by atoms with Gasteiger partial charge in [-0.05, 0) is 12.8 Å². The van der Waals surface area contributed by atoms with Crippen molar-refractivity contribution in [1.82, 2.24) is 0 Å². The average Bonchev–Trinajstić information content (AvgIpc) is 2.04. The molecule has 0 amide bonds. The Balaban J connectivity index is 3.55. The van der Waals surface area contributed by atoms with E-state index in [4.69, 9.17) is 9.79 Å². The fourth-order valence-corrected chi connectivity index (χ4v) is 2.08. The highest BCUT2D eigenvalue weighted by molar-refractivity contribution is 7.45. The summed E-state index contributed by atoms with van der Waals surface area (Å²) in [4.78, 5) is 18.2. The van der Waals surface area contributed by atoms with Gasteiger partial charge in [0.1, 0.15) is 0 Å². The van der Waals surface area contributed by atoms with Gasteiger partial charge in [-0.1, -0.05) is 39.5 Å². The van der Waals surface area contributed by atoms with E-state index in [0.717, 1.165) is 38.5 Å². The molecule has 0 aromatic rings. The number of rotatable bonds is 7. The summed E-state index contributed by atoms with van der Waals surface area (Å²) in [5.41, 5.74) is 0.167. The monoisotopic (exact) mass is 192 g/mol. The van der Waals surface area contributed by atoms with Crippen molar-refractivity contribution in [2.24, 2.45) is 0 Å². The zero-order chi connectivity index (χ0) is 9.40. The molecule has 0 aliphatic heterocycles. The van der Waals surface area contributed by atoms with E-state index in [1.807, 2.05) is 0 Å². The van der Waals surface area contributed by atoms with Crippen molar-refractivity contribution >= 4 is 8.38 Å². The highest BCUT2D eigenvalue weighted by atomic mass is 31.2. The van der Waals surface area contributed by atoms with E-state index in [9.17, 15) is 0 Å².